The summed E-state index contributed by atoms with van der Waals surface area (Å²) in [6, 6.07) is 6.09. The van der Waals surface area contributed by atoms with Gasteiger partial charge in [0, 0.05) is 6.42 Å². The molecule has 0 saturated heterocycles. The minimum absolute atomic E-state index is 0.315. The Morgan fingerprint density at radius 1 is 1.18 bits per heavy atom. The molecule has 90 valence electrons. The van der Waals surface area contributed by atoms with Gasteiger partial charge < -0.3 is 9.26 Å². The molecule has 0 spiro atoms. The average Bonchev–Trinajstić information content (AvgIpc) is 2.73. The fourth-order valence-corrected chi connectivity index (χ4v) is 1.65. The van der Waals surface area contributed by atoms with Gasteiger partial charge >= 0.3 is 0 Å². The fraction of sp³-hybridized carbons (Fsp3) is 0.385. The van der Waals surface area contributed by atoms with E-state index in [2.05, 4.69) is 16.2 Å². The van der Waals surface area contributed by atoms with Crippen LogP contribution in [0.15, 0.2) is 22.7 Å². The lowest BCUT2D eigenvalue weighted by atomic mass is 10.1. The molecule has 2 rings (SSSR count). The molecule has 1 heterocycles. The molecule has 17 heavy (non-hydrogen) atoms. The Hall–Kier alpha value is -1.84. The van der Waals surface area contributed by atoms with Crippen LogP contribution < -0.4 is 4.74 Å². The first-order valence-electron chi connectivity index (χ1n) is 5.70. The molecule has 0 atom stereocenters. The summed E-state index contributed by atoms with van der Waals surface area (Å²) in [5.74, 6) is 2.06. The van der Waals surface area contributed by atoms with E-state index in [4.69, 9.17) is 9.26 Å². The number of hydrogen-bond acceptors (Lipinski definition) is 4. The largest absolute Gasteiger partial charge is 0.484 e. The lowest BCUT2D eigenvalue weighted by Crippen LogP contribution is -1.96. The minimum Gasteiger partial charge on any atom is -0.484 e. The smallest absolute Gasteiger partial charge is 0.264 e. The van der Waals surface area contributed by atoms with E-state index in [0.717, 1.165) is 12.2 Å². The fourth-order valence-electron chi connectivity index (χ4n) is 1.65. The van der Waals surface area contributed by atoms with Crippen molar-refractivity contribution in [2.75, 3.05) is 0 Å². The third kappa shape index (κ3) is 3.06. The predicted octanol–water partition coefficient (Wildman–Crippen LogP) is 2.83. The number of aromatic nitrogens is 2. The van der Waals surface area contributed by atoms with E-state index in [1.807, 2.05) is 32.9 Å². The molecule has 0 unspecified atom stereocenters. The first-order chi connectivity index (χ1) is 8.17. The molecule has 0 aliphatic heterocycles. The number of rotatable bonds is 4. The van der Waals surface area contributed by atoms with Crippen LogP contribution >= 0.6 is 0 Å². The van der Waals surface area contributed by atoms with Crippen LogP contribution in [0.25, 0.3) is 0 Å². The van der Waals surface area contributed by atoms with E-state index >= 15 is 0 Å². The summed E-state index contributed by atoms with van der Waals surface area (Å²) in [5, 5.41) is 3.82. The lowest BCUT2D eigenvalue weighted by Gasteiger charge is -2.05. The van der Waals surface area contributed by atoms with Gasteiger partial charge in [0.25, 0.3) is 5.89 Å². The van der Waals surface area contributed by atoms with E-state index in [0.29, 0.717) is 18.3 Å². The Balaban J connectivity index is 2.01. The molecule has 0 saturated carbocycles. The Bertz CT molecular complexity index is 486. The molecule has 1 aromatic carbocycles. The van der Waals surface area contributed by atoms with Crippen molar-refractivity contribution in [2.24, 2.45) is 0 Å². The summed E-state index contributed by atoms with van der Waals surface area (Å²) >= 11 is 0. The minimum atomic E-state index is 0.315. The molecule has 1 aromatic heterocycles. The summed E-state index contributed by atoms with van der Waals surface area (Å²) in [6.07, 6.45) is 0.771. The van der Waals surface area contributed by atoms with Gasteiger partial charge in [-0.1, -0.05) is 18.1 Å². The zero-order valence-corrected chi connectivity index (χ0v) is 10.4. The monoisotopic (exact) mass is 232 g/mol. The van der Waals surface area contributed by atoms with Crippen LogP contribution in [0.4, 0.5) is 0 Å². The van der Waals surface area contributed by atoms with Crippen molar-refractivity contribution in [3.05, 3.63) is 41.0 Å². The quantitative estimate of drug-likeness (QED) is 0.813. The van der Waals surface area contributed by atoms with Crippen LogP contribution in [0.5, 0.6) is 5.75 Å². The van der Waals surface area contributed by atoms with Crippen LogP contribution in [0.1, 0.15) is 29.8 Å². The second-order valence-electron chi connectivity index (χ2n) is 4.07. The molecule has 2 aromatic rings. The van der Waals surface area contributed by atoms with E-state index in [-0.39, 0.29) is 0 Å². The molecule has 0 amide bonds. The highest BCUT2D eigenvalue weighted by Gasteiger charge is 2.05. The highest BCUT2D eigenvalue weighted by Crippen LogP contribution is 2.17. The van der Waals surface area contributed by atoms with E-state index in [9.17, 15) is 0 Å². The van der Waals surface area contributed by atoms with Crippen LogP contribution in [0.2, 0.25) is 0 Å². The Morgan fingerprint density at radius 3 is 2.47 bits per heavy atom. The normalized spacial score (nSPS) is 10.5. The van der Waals surface area contributed by atoms with Crippen LogP contribution in [-0.2, 0) is 13.0 Å². The van der Waals surface area contributed by atoms with Crippen molar-refractivity contribution < 1.29 is 9.26 Å². The number of nitrogens with zero attached hydrogens (tertiary/aromatic N) is 2. The number of ether oxygens (including phenoxy) is 1. The summed E-state index contributed by atoms with van der Waals surface area (Å²) in [7, 11) is 0. The standard InChI is InChI=1S/C13H16N2O2/c1-4-12-14-13(17-15-12)8-16-11-6-9(2)5-10(3)7-11/h5-7H,4,8H2,1-3H3. The molecular weight excluding hydrogens is 216 g/mol. The highest BCUT2D eigenvalue weighted by atomic mass is 16.5. The Morgan fingerprint density at radius 2 is 1.88 bits per heavy atom. The van der Waals surface area contributed by atoms with Gasteiger partial charge in [0.1, 0.15) is 5.75 Å². The molecule has 4 nitrogen and oxygen atoms in total. The summed E-state index contributed by atoms with van der Waals surface area (Å²) in [4.78, 5) is 4.19. The van der Waals surface area contributed by atoms with Gasteiger partial charge in [-0.3, -0.25) is 0 Å². The Labute approximate surface area is 101 Å². The predicted molar refractivity (Wildman–Crippen MR) is 63.9 cm³/mol. The molecule has 0 bridgehead atoms. The van der Waals surface area contributed by atoms with Gasteiger partial charge in [0.15, 0.2) is 12.4 Å². The second-order valence-corrected chi connectivity index (χ2v) is 4.07. The number of hydrogen-bond donors (Lipinski definition) is 0. The topological polar surface area (TPSA) is 48.2 Å². The molecule has 0 N–H and O–H groups in total. The van der Waals surface area contributed by atoms with Gasteiger partial charge in [-0.05, 0) is 37.1 Å². The maximum Gasteiger partial charge on any atom is 0.264 e. The summed E-state index contributed by atoms with van der Waals surface area (Å²) < 4.78 is 10.7. The zero-order chi connectivity index (χ0) is 12.3. The van der Waals surface area contributed by atoms with Crippen molar-refractivity contribution in [3.63, 3.8) is 0 Å². The number of aryl methyl sites for hydroxylation is 3. The SMILES string of the molecule is CCc1noc(COc2cc(C)cc(C)c2)n1. The molecule has 4 heteroatoms. The third-order valence-corrected chi connectivity index (χ3v) is 2.38. The van der Waals surface area contributed by atoms with Crippen molar-refractivity contribution in [1.29, 1.82) is 0 Å². The van der Waals surface area contributed by atoms with Crippen LogP contribution in [-0.4, -0.2) is 10.1 Å². The maximum absolute atomic E-state index is 5.62. The van der Waals surface area contributed by atoms with Crippen LogP contribution in [0, 0.1) is 13.8 Å². The molecule has 0 fully saturated rings. The molecular formula is C13H16N2O2. The van der Waals surface area contributed by atoms with Gasteiger partial charge in [-0.25, -0.2) is 0 Å². The van der Waals surface area contributed by atoms with Gasteiger partial charge in [-0.2, -0.15) is 4.98 Å². The zero-order valence-electron chi connectivity index (χ0n) is 10.4. The summed E-state index contributed by atoms with van der Waals surface area (Å²) in [6.45, 7) is 6.39. The van der Waals surface area contributed by atoms with E-state index in [1.165, 1.54) is 11.1 Å². The molecule has 0 aliphatic carbocycles. The summed E-state index contributed by atoms with van der Waals surface area (Å²) in [5.41, 5.74) is 2.36. The van der Waals surface area contributed by atoms with Crippen molar-refractivity contribution >= 4 is 0 Å². The number of benzene rings is 1. The van der Waals surface area contributed by atoms with Gasteiger partial charge in [-0.15, -0.1) is 0 Å². The third-order valence-electron chi connectivity index (χ3n) is 2.38. The van der Waals surface area contributed by atoms with Crippen LogP contribution in [0.3, 0.4) is 0 Å². The molecule has 0 radical (unpaired) electrons. The molecule has 0 aliphatic rings. The van der Waals surface area contributed by atoms with Crippen molar-refractivity contribution in [2.45, 2.75) is 33.8 Å². The average molecular weight is 232 g/mol. The Kier molecular flexibility index (Phi) is 3.42. The lowest BCUT2D eigenvalue weighted by molar-refractivity contribution is 0.242. The first kappa shape index (κ1) is 11.6. The van der Waals surface area contributed by atoms with Crippen molar-refractivity contribution in [3.8, 4) is 5.75 Å². The maximum atomic E-state index is 5.62. The van der Waals surface area contributed by atoms with Gasteiger partial charge in [0.05, 0.1) is 0 Å². The second kappa shape index (κ2) is 4.99. The highest BCUT2D eigenvalue weighted by molar-refractivity contribution is 5.32. The van der Waals surface area contributed by atoms with E-state index < -0.39 is 0 Å². The first-order valence-corrected chi connectivity index (χ1v) is 5.70. The van der Waals surface area contributed by atoms with Gasteiger partial charge in [0.2, 0.25) is 0 Å². The van der Waals surface area contributed by atoms with Crippen molar-refractivity contribution in [1.82, 2.24) is 10.1 Å². The van der Waals surface area contributed by atoms with E-state index in [1.54, 1.807) is 0 Å².